The predicted octanol–water partition coefficient (Wildman–Crippen LogP) is 4.55. The van der Waals surface area contributed by atoms with Crippen molar-refractivity contribution in [1.82, 2.24) is 10.2 Å². The number of nitrogens with one attached hydrogen (secondary N) is 1. The van der Waals surface area contributed by atoms with Gasteiger partial charge < -0.3 is 10.2 Å². The standard InChI is InChI=1S/C19H40N2/c1-7-21(8-2)13-9-10-17(6)20-19-14-16(5)11-12-18(19)15(3)4/h15-20H,7-14H2,1-6H3. The number of rotatable bonds is 9. The molecule has 0 saturated heterocycles. The molecule has 0 spiro atoms. The third-order valence-corrected chi connectivity index (χ3v) is 5.53. The Morgan fingerprint density at radius 2 is 1.76 bits per heavy atom. The van der Waals surface area contributed by atoms with Gasteiger partial charge in [-0.25, -0.2) is 0 Å². The van der Waals surface area contributed by atoms with Crippen molar-refractivity contribution in [2.24, 2.45) is 17.8 Å². The maximum atomic E-state index is 3.97. The van der Waals surface area contributed by atoms with Crippen LogP contribution in [0.25, 0.3) is 0 Å². The van der Waals surface area contributed by atoms with Gasteiger partial charge in [-0.15, -0.1) is 0 Å². The zero-order chi connectivity index (χ0) is 15.8. The van der Waals surface area contributed by atoms with E-state index in [1.165, 1.54) is 51.7 Å². The van der Waals surface area contributed by atoms with Gasteiger partial charge in [0.2, 0.25) is 0 Å². The molecule has 4 atom stereocenters. The van der Waals surface area contributed by atoms with E-state index in [0.717, 1.165) is 23.8 Å². The first-order valence-corrected chi connectivity index (χ1v) is 9.46. The SMILES string of the molecule is CCN(CC)CCCC(C)NC1CC(C)CCC1C(C)C. The van der Waals surface area contributed by atoms with E-state index in [4.69, 9.17) is 0 Å². The molecule has 4 unspecified atom stereocenters. The molecule has 0 amide bonds. The average molecular weight is 297 g/mol. The molecule has 0 radical (unpaired) electrons. The summed E-state index contributed by atoms with van der Waals surface area (Å²) in [6, 6.07) is 1.41. The van der Waals surface area contributed by atoms with Crippen LogP contribution >= 0.6 is 0 Å². The van der Waals surface area contributed by atoms with Gasteiger partial charge in [-0.3, -0.25) is 0 Å². The Morgan fingerprint density at radius 3 is 2.33 bits per heavy atom. The lowest BCUT2D eigenvalue weighted by atomic mass is 9.74. The largest absolute Gasteiger partial charge is 0.311 e. The fraction of sp³-hybridized carbons (Fsp3) is 1.00. The second-order valence-corrected chi connectivity index (χ2v) is 7.67. The molecule has 1 aliphatic carbocycles. The topological polar surface area (TPSA) is 15.3 Å². The summed E-state index contributed by atoms with van der Waals surface area (Å²) in [4.78, 5) is 2.53. The molecule has 1 fully saturated rings. The minimum atomic E-state index is 0.664. The molecular weight excluding hydrogens is 256 g/mol. The maximum Gasteiger partial charge on any atom is 0.0103 e. The van der Waals surface area contributed by atoms with Gasteiger partial charge in [0.05, 0.1) is 0 Å². The van der Waals surface area contributed by atoms with Crippen LogP contribution in [0.5, 0.6) is 0 Å². The van der Waals surface area contributed by atoms with E-state index in [0.29, 0.717) is 6.04 Å². The Hall–Kier alpha value is -0.0800. The predicted molar refractivity (Wildman–Crippen MR) is 94.8 cm³/mol. The van der Waals surface area contributed by atoms with Crippen molar-refractivity contribution in [1.29, 1.82) is 0 Å². The van der Waals surface area contributed by atoms with Crippen LogP contribution in [-0.2, 0) is 0 Å². The van der Waals surface area contributed by atoms with Gasteiger partial charge in [-0.05, 0) is 70.0 Å². The molecular formula is C19H40N2. The van der Waals surface area contributed by atoms with E-state index in [1.54, 1.807) is 0 Å². The number of hydrogen-bond donors (Lipinski definition) is 1. The van der Waals surface area contributed by atoms with Crippen LogP contribution in [0, 0.1) is 17.8 Å². The summed E-state index contributed by atoms with van der Waals surface area (Å²) in [5.41, 5.74) is 0. The first-order chi connectivity index (χ1) is 9.97. The van der Waals surface area contributed by atoms with Crippen molar-refractivity contribution in [3.63, 3.8) is 0 Å². The van der Waals surface area contributed by atoms with Crippen LogP contribution in [0.4, 0.5) is 0 Å². The Balaban J connectivity index is 2.35. The summed E-state index contributed by atoms with van der Waals surface area (Å²) in [5, 5.41) is 3.97. The molecule has 1 aliphatic rings. The fourth-order valence-electron chi connectivity index (χ4n) is 4.00. The Labute approximate surface area is 134 Å². The average Bonchev–Trinajstić information content (AvgIpc) is 2.43. The van der Waals surface area contributed by atoms with E-state index >= 15 is 0 Å². The number of hydrogen-bond acceptors (Lipinski definition) is 2. The van der Waals surface area contributed by atoms with E-state index in [2.05, 4.69) is 51.8 Å². The van der Waals surface area contributed by atoms with Crippen molar-refractivity contribution in [2.75, 3.05) is 19.6 Å². The molecule has 1 rings (SSSR count). The van der Waals surface area contributed by atoms with Gasteiger partial charge in [0.1, 0.15) is 0 Å². The summed E-state index contributed by atoms with van der Waals surface area (Å²) in [5.74, 6) is 2.60. The van der Waals surface area contributed by atoms with Crippen molar-refractivity contribution >= 4 is 0 Å². The van der Waals surface area contributed by atoms with Crippen molar-refractivity contribution in [2.45, 2.75) is 85.7 Å². The molecule has 1 saturated carbocycles. The Kier molecular flexibility index (Phi) is 8.89. The van der Waals surface area contributed by atoms with Crippen LogP contribution < -0.4 is 5.32 Å². The summed E-state index contributed by atoms with van der Waals surface area (Å²) >= 11 is 0. The smallest absolute Gasteiger partial charge is 0.0103 e. The van der Waals surface area contributed by atoms with Crippen LogP contribution in [0.15, 0.2) is 0 Å². The minimum absolute atomic E-state index is 0.664. The van der Waals surface area contributed by atoms with E-state index < -0.39 is 0 Å². The summed E-state index contributed by atoms with van der Waals surface area (Å²) in [6.45, 7) is 17.8. The lowest BCUT2D eigenvalue weighted by Crippen LogP contribution is -2.46. The third kappa shape index (κ3) is 6.69. The fourth-order valence-corrected chi connectivity index (χ4v) is 4.00. The van der Waals surface area contributed by atoms with E-state index in [1.807, 2.05) is 0 Å². The van der Waals surface area contributed by atoms with Gasteiger partial charge in [-0.2, -0.15) is 0 Å². The van der Waals surface area contributed by atoms with E-state index in [9.17, 15) is 0 Å². The first kappa shape index (κ1) is 19.0. The monoisotopic (exact) mass is 296 g/mol. The zero-order valence-corrected chi connectivity index (χ0v) is 15.5. The molecule has 2 nitrogen and oxygen atoms in total. The van der Waals surface area contributed by atoms with Crippen LogP contribution in [0.3, 0.4) is 0 Å². The van der Waals surface area contributed by atoms with Crippen LogP contribution in [0.2, 0.25) is 0 Å². The molecule has 0 bridgehead atoms. The second-order valence-electron chi connectivity index (χ2n) is 7.67. The zero-order valence-electron chi connectivity index (χ0n) is 15.5. The van der Waals surface area contributed by atoms with Gasteiger partial charge >= 0.3 is 0 Å². The minimum Gasteiger partial charge on any atom is -0.311 e. The van der Waals surface area contributed by atoms with Gasteiger partial charge in [0.25, 0.3) is 0 Å². The molecule has 0 aromatic carbocycles. The molecule has 2 heteroatoms. The molecule has 0 heterocycles. The molecule has 21 heavy (non-hydrogen) atoms. The van der Waals surface area contributed by atoms with Crippen LogP contribution in [0.1, 0.15) is 73.6 Å². The summed E-state index contributed by atoms with van der Waals surface area (Å²) < 4.78 is 0. The highest BCUT2D eigenvalue weighted by atomic mass is 15.1. The summed E-state index contributed by atoms with van der Waals surface area (Å²) in [7, 11) is 0. The van der Waals surface area contributed by atoms with Gasteiger partial charge in [0.15, 0.2) is 0 Å². The quantitative estimate of drug-likeness (QED) is 0.671. The van der Waals surface area contributed by atoms with E-state index in [-0.39, 0.29) is 0 Å². The molecule has 0 aromatic heterocycles. The van der Waals surface area contributed by atoms with Crippen molar-refractivity contribution in [3.05, 3.63) is 0 Å². The van der Waals surface area contributed by atoms with Gasteiger partial charge in [0, 0.05) is 12.1 Å². The molecule has 0 aromatic rings. The van der Waals surface area contributed by atoms with Gasteiger partial charge in [-0.1, -0.05) is 41.0 Å². The lowest BCUT2D eigenvalue weighted by Gasteiger charge is -2.39. The lowest BCUT2D eigenvalue weighted by molar-refractivity contribution is 0.158. The molecule has 1 N–H and O–H groups in total. The molecule has 126 valence electrons. The Bertz CT molecular complexity index is 260. The maximum absolute atomic E-state index is 3.97. The Morgan fingerprint density at radius 1 is 1.10 bits per heavy atom. The highest BCUT2D eigenvalue weighted by molar-refractivity contribution is 4.86. The van der Waals surface area contributed by atoms with Crippen molar-refractivity contribution < 1.29 is 0 Å². The first-order valence-electron chi connectivity index (χ1n) is 9.46. The van der Waals surface area contributed by atoms with Crippen LogP contribution in [-0.4, -0.2) is 36.6 Å². The van der Waals surface area contributed by atoms with Crippen molar-refractivity contribution in [3.8, 4) is 0 Å². The molecule has 0 aliphatic heterocycles. The normalized spacial score (nSPS) is 28.3. The summed E-state index contributed by atoms with van der Waals surface area (Å²) in [6.07, 6.45) is 6.86. The second kappa shape index (κ2) is 9.84. The highest BCUT2D eigenvalue weighted by Crippen LogP contribution is 2.33. The number of nitrogens with zero attached hydrogens (tertiary/aromatic N) is 1. The third-order valence-electron chi connectivity index (χ3n) is 5.53. The highest BCUT2D eigenvalue weighted by Gasteiger charge is 2.31.